The molecule has 94 valence electrons. The Morgan fingerprint density at radius 1 is 1.11 bits per heavy atom. The van der Waals surface area contributed by atoms with Gasteiger partial charge in [-0.1, -0.05) is 46.9 Å². The summed E-state index contributed by atoms with van der Waals surface area (Å²) in [7, 11) is 0. The zero-order chi connectivity index (χ0) is 13.1. The Hall–Kier alpha value is -0.800. The molecule has 0 bridgehead atoms. The predicted octanol–water partition coefficient (Wildman–Crippen LogP) is 4.32. The molecule has 0 spiro atoms. The number of aliphatic hydroxyl groups excluding tert-OH is 1. The van der Waals surface area contributed by atoms with Crippen molar-refractivity contribution in [1.29, 1.82) is 0 Å². The SMILES string of the molecule is OC(Cc1cccc(Cl)c1Cl)c1ccc(Cl)cn1. The van der Waals surface area contributed by atoms with E-state index in [-0.39, 0.29) is 0 Å². The fraction of sp³-hybridized carbons (Fsp3) is 0.154. The molecule has 18 heavy (non-hydrogen) atoms. The van der Waals surface area contributed by atoms with E-state index >= 15 is 0 Å². The van der Waals surface area contributed by atoms with Crippen molar-refractivity contribution in [2.75, 3.05) is 0 Å². The molecule has 0 fully saturated rings. The zero-order valence-corrected chi connectivity index (χ0v) is 11.5. The molecule has 1 unspecified atom stereocenters. The molecule has 2 nitrogen and oxygen atoms in total. The molecule has 5 heteroatoms. The Morgan fingerprint density at radius 2 is 1.89 bits per heavy atom. The van der Waals surface area contributed by atoms with Gasteiger partial charge < -0.3 is 5.11 Å². The maximum atomic E-state index is 10.1. The Labute approximate surface area is 120 Å². The third kappa shape index (κ3) is 3.15. The molecule has 2 rings (SSSR count). The maximum absolute atomic E-state index is 10.1. The molecule has 0 radical (unpaired) electrons. The summed E-state index contributed by atoms with van der Waals surface area (Å²) in [5.74, 6) is 0. The molecule has 1 aromatic heterocycles. The summed E-state index contributed by atoms with van der Waals surface area (Å²) in [4.78, 5) is 4.07. The fourth-order valence-corrected chi connectivity index (χ4v) is 2.11. The molecule has 1 atom stereocenters. The van der Waals surface area contributed by atoms with E-state index in [2.05, 4.69) is 4.98 Å². The summed E-state index contributed by atoms with van der Waals surface area (Å²) in [6.07, 6.45) is 1.12. The minimum absolute atomic E-state index is 0.355. The van der Waals surface area contributed by atoms with Crippen molar-refractivity contribution in [3.63, 3.8) is 0 Å². The highest BCUT2D eigenvalue weighted by Crippen LogP contribution is 2.28. The highest BCUT2D eigenvalue weighted by molar-refractivity contribution is 6.42. The third-order valence-electron chi connectivity index (χ3n) is 2.54. The van der Waals surface area contributed by atoms with E-state index in [1.165, 1.54) is 6.20 Å². The summed E-state index contributed by atoms with van der Waals surface area (Å²) in [6.45, 7) is 0. The molecular weight excluding hydrogens is 293 g/mol. The molecule has 0 amide bonds. The minimum Gasteiger partial charge on any atom is -0.386 e. The molecule has 0 aliphatic carbocycles. The van der Waals surface area contributed by atoms with Crippen LogP contribution in [0, 0.1) is 0 Å². The molecule has 0 aliphatic heterocycles. The largest absolute Gasteiger partial charge is 0.386 e. The standard InChI is InChI=1S/C13H10Cl3NO/c14-9-4-5-11(17-7-9)12(18)6-8-2-1-3-10(15)13(8)16/h1-5,7,12,18H,6H2. The second-order valence-electron chi connectivity index (χ2n) is 3.83. The van der Waals surface area contributed by atoms with Crippen LogP contribution < -0.4 is 0 Å². The predicted molar refractivity (Wildman–Crippen MR) is 74.4 cm³/mol. The van der Waals surface area contributed by atoms with E-state index < -0.39 is 6.10 Å². The van der Waals surface area contributed by atoms with Gasteiger partial charge in [-0.3, -0.25) is 4.98 Å². The Bertz CT molecular complexity index is 542. The zero-order valence-electron chi connectivity index (χ0n) is 9.28. The lowest BCUT2D eigenvalue weighted by atomic mass is 10.1. The number of rotatable bonds is 3. The number of nitrogens with zero attached hydrogens (tertiary/aromatic N) is 1. The lowest BCUT2D eigenvalue weighted by Crippen LogP contribution is -2.04. The van der Waals surface area contributed by atoms with E-state index in [4.69, 9.17) is 34.8 Å². The molecular formula is C13H10Cl3NO. The van der Waals surface area contributed by atoms with Gasteiger partial charge >= 0.3 is 0 Å². The quantitative estimate of drug-likeness (QED) is 0.916. The summed E-state index contributed by atoms with van der Waals surface area (Å²) in [6, 6.07) is 8.71. The van der Waals surface area contributed by atoms with E-state index in [0.717, 1.165) is 5.56 Å². The highest BCUT2D eigenvalue weighted by atomic mass is 35.5. The van der Waals surface area contributed by atoms with Gasteiger partial charge in [0.25, 0.3) is 0 Å². The monoisotopic (exact) mass is 301 g/mol. The fourth-order valence-electron chi connectivity index (χ4n) is 1.60. The van der Waals surface area contributed by atoms with Gasteiger partial charge in [0.05, 0.1) is 26.9 Å². The maximum Gasteiger partial charge on any atom is 0.1000 e. The number of aliphatic hydroxyl groups is 1. The van der Waals surface area contributed by atoms with E-state index in [0.29, 0.717) is 27.2 Å². The van der Waals surface area contributed by atoms with Crippen LogP contribution in [0.1, 0.15) is 17.4 Å². The molecule has 1 aromatic carbocycles. The molecule has 1 N–H and O–H groups in total. The van der Waals surface area contributed by atoms with E-state index in [1.54, 1.807) is 24.3 Å². The number of hydrogen-bond donors (Lipinski definition) is 1. The van der Waals surface area contributed by atoms with Gasteiger partial charge in [0.1, 0.15) is 0 Å². The smallest absolute Gasteiger partial charge is 0.1000 e. The summed E-state index contributed by atoms with van der Waals surface area (Å²) < 4.78 is 0. The number of pyridine rings is 1. The second-order valence-corrected chi connectivity index (χ2v) is 5.06. The molecule has 0 aliphatic rings. The van der Waals surface area contributed by atoms with Gasteiger partial charge in [0, 0.05) is 12.6 Å². The average molecular weight is 303 g/mol. The number of aromatic nitrogens is 1. The van der Waals surface area contributed by atoms with Crippen molar-refractivity contribution in [3.05, 3.63) is 62.9 Å². The summed E-state index contributed by atoms with van der Waals surface area (Å²) >= 11 is 17.7. The van der Waals surface area contributed by atoms with Gasteiger partial charge in [-0.2, -0.15) is 0 Å². The van der Waals surface area contributed by atoms with Crippen molar-refractivity contribution >= 4 is 34.8 Å². The van der Waals surface area contributed by atoms with Crippen molar-refractivity contribution in [2.45, 2.75) is 12.5 Å². The number of hydrogen-bond acceptors (Lipinski definition) is 2. The van der Waals surface area contributed by atoms with Crippen LogP contribution in [0.5, 0.6) is 0 Å². The first-order chi connectivity index (χ1) is 8.58. The van der Waals surface area contributed by atoms with Crippen LogP contribution in [0.25, 0.3) is 0 Å². The van der Waals surface area contributed by atoms with E-state index in [1.807, 2.05) is 6.07 Å². The first kappa shape index (κ1) is 13.6. The third-order valence-corrected chi connectivity index (χ3v) is 3.62. The normalized spacial score (nSPS) is 12.4. The van der Waals surface area contributed by atoms with Crippen LogP contribution in [0.3, 0.4) is 0 Å². The summed E-state index contributed by atoms with van der Waals surface area (Å²) in [5.41, 5.74) is 1.34. The molecule has 1 heterocycles. The lowest BCUT2D eigenvalue weighted by molar-refractivity contribution is 0.173. The van der Waals surface area contributed by atoms with Crippen molar-refractivity contribution < 1.29 is 5.11 Å². The topological polar surface area (TPSA) is 33.1 Å². The number of benzene rings is 1. The first-order valence-electron chi connectivity index (χ1n) is 5.30. The minimum atomic E-state index is -0.738. The molecule has 0 saturated heterocycles. The van der Waals surface area contributed by atoms with Crippen LogP contribution >= 0.6 is 34.8 Å². The highest BCUT2D eigenvalue weighted by Gasteiger charge is 2.13. The lowest BCUT2D eigenvalue weighted by Gasteiger charge is -2.12. The van der Waals surface area contributed by atoms with Gasteiger partial charge in [-0.15, -0.1) is 0 Å². The van der Waals surface area contributed by atoms with E-state index in [9.17, 15) is 5.11 Å². The Balaban J connectivity index is 2.18. The Morgan fingerprint density at radius 3 is 2.56 bits per heavy atom. The van der Waals surface area contributed by atoms with Crippen LogP contribution in [0.15, 0.2) is 36.5 Å². The van der Waals surface area contributed by atoms with Crippen LogP contribution in [-0.4, -0.2) is 10.1 Å². The average Bonchev–Trinajstić information content (AvgIpc) is 2.36. The van der Waals surface area contributed by atoms with Crippen LogP contribution in [0.2, 0.25) is 15.1 Å². The van der Waals surface area contributed by atoms with Crippen LogP contribution in [-0.2, 0) is 6.42 Å². The second kappa shape index (κ2) is 5.89. The van der Waals surface area contributed by atoms with Gasteiger partial charge in [0.15, 0.2) is 0 Å². The van der Waals surface area contributed by atoms with Crippen molar-refractivity contribution in [2.24, 2.45) is 0 Å². The first-order valence-corrected chi connectivity index (χ1v) is 6.43. The van der Waals surface area contributed by atoms with Crippen molar-refractivity contribution in [1.82, 2.24) is 4.98 Å². The van der Waals surface area contributed by atoms with Gasteiger partial charge in [-0.05, 0) is 23.8 Å². The van der Waals surface area contributed by atoms with Crippen LogP contribution in [0.4, 0.5) is 0 Å². The molecule has 0 saturated carbocycles. The van der Waals surface area contributed by atoms with Gasteiger partial charge in [0.2, 0.25) is 0 Å². The Kier molecular flexibility index (Phi) is 4.46. The molecule has 2 aromatic rings. The number of halogens is 3. The van der Waals surface area contributed by atoms with Gasteiger partial charge in [-0.25, -0.2) is 0 Å². The summed E-state index contributed by atoms with van der Waals surface area (Å²) in [5, 5.41) is 11.5. The van der Waals surface area contributed by atoms with Crippen molar-refractivity contribution in [3.8, 4) is 0 Å².